The Kier molecular flexibility index (Phi) is 4.36. The summed E-state index contributed by atoms with van der Waals surface area (Å²) in [4.78, 5) is 14.5. The maximum absolute atomic E-state index is 12.1. The van der Waals surface area contributed by atoms with E-state index in [2.05, 4.69) is 23.4 Å². The molecular weight excluding hydrogens is 260 g/mol. The molecule has 0 amide bonds. The van der Waals surface area contributed by atoms with Gasteiger partial charge < -0.3 is 9.47 Å². The summed E-state index contributed by atoms with van der Waals surface area (Å²) in [6.45, 7) is 8.08. The molecule has 106 valence electrons. The first-order valence-electron chi connectivity index (χ1n) is 6.97. The second-order valence-corrected chi connectivity index (χ2v) is 6.35. The van der Waals surface area contributed by atoms with Crippen molar-refractivity contribution in [1.29, 1.82) is 0 Å². The molecule has 19 heavy (non-hydrogen) atoms. The number of Topliss-reactive ketones (excluding diaryl/α,β-unsaturated/α-hetero) is 1. The van der Waals surface area contributed by atoms with Crippen LogP contribution >= 0.6 is 11.6 Å². The van der Waals surface area contributed by atoms with Crippen LogP contribution in [0.1, 0.15) is 47.6 Å². The Labute approximate surface area is 120 Å². The van der Waals surface area contributed by atoms with Crippen molar-refractivity contribution in [3.63, 3.8) is 0 Å². The van der Waals surface area contributed by atoms with Crippen molar-refractivity contribution in [2.45, 2.75) is 45.0 Å². The minimum atomic E-state index is -0.456. The summed E-state index contributed by atoms with van der Waals surface area (Å²) in [6.07, 6.45) is 2.40. The Morgan fingerprint density at radius 1 is 1.47 bits per heavy atom. The maximum atomic E-state index is 12.1. The molecule has 1 aromatic rings. The van der Waals surface area contributed by atoms with Crippen molar-refractivity contribution in [2.75, 3.05) is 20.1 Å². The van der Waals surface area contributed by atoms with Gasteiger partial charge in [0.05, 0.1) is 5.38 Å². The van der Waals surface area contributed by atoms with Crippen LogP contribution in [0.5, 0.6) is 0 Å². The predicted molar refractivity (Wildman–Crippen MR) is 79.3 cm³/mol. The molecule has 0 aromatic carbocycles. The number of ketones is 1. The molecule has 2 unspecified atom stereocenters. The minimum Gasteiger partial charge on any atom is -0.344 e. The van der Waals surface area contributed by atoms with Crippen LogP contribution in [-0.4, -0.2) is 40.8 Å². The molecule has 3 nitrogen and oxygen atoms in total. The summed E-state index contributed by atoms with van der Waals surface area (Å²) in [7, 11) is 2.16. The van der Waals surface area contributed by atoms with Crippen molar-refractivity contribution in [3.8, 4) is 0 Å². The molecule has 2 rings (SSSR count). The highest BCUT2D eigenvalue weighted by Crippen LogP contribution is 2.28. The average molecular weight is 283 g/mol. The van der Waals surface area contributed by atoms with Gasteiger partial charge in [0, 0.05) is 29.5 Å². The Morgan fingerprint density at radius 2 is 2.16 bits per heavy atom. The number of likely N-dealkylation sites (tertiary alicyclic amines) is 1. The molecule has 1 aliphatic heterocycles. The lowest BCUT2D eigenvalue weighted by Gasteiger charge is -2.32. The average Bonchev–Trinajstić information content (AvgIpc) is 2.63. The molecular formula is C15H23ClN2O. The first kappa shape index (κ1) is 14.6. The van der Waals surface area contributed by atoms with E-state index >= 15 is 0 Å². The molecule has 2 heterocycles. The second kappa shape index (κ2) is 5.68. The van der Waals surface area contributed by atoms with E-state index in [9.17, 15) is 4.79 Å². The number of hydrogen-bond donors (Lipinski definition) is 0. The quantitative estimate of drug-likeness (QED) is 0.628. The number of rotatable bonds is 3. The zero-order valence-corrected chi connectivity index (χ0v) is 13.0. The Hall–Kier alpha value is -0.800. The largest absolute Gasteiger partial charge is 0.344 e. The van der Waals surface area contributed by atoms with E-state index in [1.165, 1.54) is 25.1 Å². The van der Waals surface area contributed by atoms with Crippen LogP contribution in [0.4, 0.5) is 0 Å². The van der Waals surface area contributed by atoms with Crippen LogP contribution in [0.2, 0.25) is 0 Å². The van der Waals surface area contributed by atoms with Crippen molar-refractivity contribution in [3.05, 3.63) is 23.0 Å². The molecule has 0 saturated carbocycles. The number of aromatic nitrogens is 1. The number of hydrogen-bond acceptors (Lipinski definition) is 2. The van der Waals surface area contributed by atoms with E-state index in [-0.39, 0.29) is 5.78 Å². The SMILES string of the molecule is Cc1cc(C(=O)C(C)Cl)c(C)n1C1CCCN(C)C1. The maximum Gasteiger partial charge on any atom is 0.182 e. The number of halogens is 1. The monoisotopic (exact) mass is 282 g/mol. The highest BCUT2D eigenvalue weighted by atomic mass is 35.5. The summed E-state index contributed by atoms with van der Waals surface area (Å²) in [5.41, 5.74) is 3.02. The lowest BCUT2D eigenvalue weighted by Crippen LogP contribution is -2.34. The summed E-state index contributed by atoms with van der Waals surface area (Å²) < 4.78 is 2.32. The summed E-state index contributed by atoms with van der Waals surface area (Å²) in [5.74, 6) is 0.0326. The van der Waals surface area contributed by atoms with Crippen molar-refractivity contribution < 1.29 is 4.79 Å². The van der Waals surface area contributed by atoms with E-state index in [1.54, 1.807) is 6.92 Å². The van der Waals surface area contributed by atoms with Crippen LogP contribution in [0.15, 0.2) is 6.07 Å². The number of nitrogens with zero attached hydrogens (tertiary/aromatic N) is 2. The van der Waals surface area contributed by atoms with E-state index in [4.69, 9.17) is 11.6 Å². The molecule has 0 N–H and O–H groups in total. The Morgan fingerprint density at radius 3 is 2.74 bits per heavy atom. The van der Waals surface area contributed by atoms with Crippen LogP contribution in [0, 0.1) is 13.8 Å². The lowest BCUT2D eigenvalue weighted by atomic mass is 10.1. The number of alkyl halides is 1. The van der Waals surface area contributed by atoms with E-state index in [0.717, 1.165) is 17.8 Å². The Bertz CT molecular complexity index is 479. The van der Waals surface area contributed by atoms with Gasteiger partial charge in [-0.3, -0.25) is 4.79 Å². The summed E-state index contributed by atoms with van der Waals surface area (Å²) in [6, 6.07) is 2.47. The van der Waals surface area contributed by atoms with Gasteiger partial charge in [0.2, 0.25) is 0 Å². The molecule has 0 spiro atoms. The van der Waals surface area contributed by atoms with E-state index < -0.39 is 5.38 Å². The zero-order valence-electron chi connectivity index (χ0n) is 12.2. The topological polar surface area (TPSA) is 25.2 Å². The van der Waals surface area contributed by atoms with Gasteiger partial charge in [0.15, 0.2) is 5.78 Å². The van der Waals surface area contributed by atoms with Gasteiger partial charge in [0.25, 0.3) is 0 Å². The third-order valence-corrected chi connectivity index (χ3v) is 4.27. The fourth-order valence-corrected chi connectivity index (χ4v) is 3.27. The predicted octanol–water partition coefficient (Wildman–Crippen LogP) is 3.18. The third kappa shape index (κ3) is 2.87. The molecule has 1 aliphatic rings. The van der Waals surface area contributed by atoms with Crippen molar-refractivity contribution >= 4 is 17.4 Å². The summed E-state index contributed by atoms with van der Waals surface area (Å²) in [5, 5.41) is -0.456. The van der Waals surface area contributed by atoms with Gasteiger partial charge in [-0.2, -0.15) is 0 Å². The fourth-order valence-electron chi connectivity index (χ4n) is 3.15. The van der Waals surface area contributed by atoms with Crippen LogP contribution < -0.4 is 0 Å². The first-order valence-corrected chi connectivity index (χ1v) is 7.40. The number of aryl methyl sites for hydroxylation is 1. The molecule has 1 aromatic heterocycles. The van der Waals surface area contributed by atoms with Gasteiger partial charge in [0.1, 0.15) is 0 Å². The number of carbonyl (C=O) groups is 1. The van der Waals surface area contributed by atoms with Crippen LogP contribution in [0.3, 0.4) is 0 Å². The number of carbonyl (C=O) groups excluding carboxylic acids is 1. The van der Waals surface area contributed by atoms with E-state index in [1.807, 2.05) is 13.0 Å². The molecule has 1 saturated heterocycles. The van der Waals surface area contributed by atoms with Gasteiger partial charge in [-0.1, -0.05) is 0 Å². The third-order valence-electron chi connectivity index (χ3n) is 4.08. The van der Waals surface area contributed by atoms with Crippen molar-refractivity contribution in [2.24, 2.45) is 0 Å². The molecule has 1 fully saturated rings. The van der Waals surface area contributed by atoms with E-state index in [0.29, 0.717) is 6.04 Å². The number of piperidine rings is 1. The Balaban J connectivity index is 2.34. The van der Waals surface area contributed by atoms with Gasteiger partial charge in [-0.05, 0) is 53.3 Å². The molecule has 0 aliphatic carbocycles. The lowest BCUT2D eigenvalue weighted by molar-refractivity contribution is 0.0991. The van der Waals surface area contributed by atoms with Crippen LogP contribution in [-0.2, 0) is 0 Å². The smallest absolute Gasteiger partial charge is 0.182 e. The van der Waals surface area contributed by atoms with Gasteiger partial charge >= 0.3 is 0 Å². The highest BCUT2D eigenvalue weighted by Gasteiger charge is 2.25. The molecule has 2 atom stereocenters. The first-order chi connectivity index (χ1) is 8.91. The normalized spacial score (nSPS) is 22.5. The van der Waals surface area contributed by atoms with Crippen LogP contribution in [0.25, 0.3) is 0 Å². The standard InChI is InChI=1S/C15H23ClN2O/c1-10-8-14(15(19)11(2)16)12(3)18(10)13-6-5-7-17(4)9-13/h8,11,13H,5-7,9H2,1-4H3. The number of likely N-dealkylation sites (N-methyl/N-ethyl adjacent to an activating group) is 1. The second-order valence-electron chi connectivity index (χ2n) is 5.69. The molecule has 0 radical (unpaired) electrons. The zero-order chi connectivity index (χ0) is 14.2. The fraction of sp³-hybridized carbons (Fsp3) is 0.667. The minimum absolute atomic E-state index is 0.0326. The van der Waals surface area contributed by atoms with Crippen molar-refractivity contribution in [1.82, 2.24) is 9.47 Å². The molecule has 4 heteroatoms. The van der Waals surface area contributed by atoms with Gasteiger partial charge in [-0.25, -0.2) is 0 Å². The summed E-state index contributed by atoms with van der Waals surface area (Å²) >= 11 is 5.94. The highest BCUT2D eigenvalue weighted by molar-refractivity contribution is 6.33. The van der Waals surface area contributed by atoms with Gasteiger partial charge in [-0.15, -0.1) is 11.6 Å². The molecule has 0 bridgehead atoms.